The fourth-order valence-electron chi connectivity index (χ4n) is 3.37. The Labute approximate surface area is 161 Å². The maximum Gasteiger partial charge on any atom is 0.244 e. The van der Waals surface area contributed by atoms with Gasteiger partial charge in [-0.05, 0) is 37.3 Å². The smallest absolute Gasteiger partial charge is 0.244 e. The van der Waals surface area contributed by atoms with Crippen LogP contribution in [-0.2, 0) is 0 Å². The van der Waals surface area contributed by atoms with E-state index in [0.717, 1.165) is 11.3 Å². The molecule has 0 amide bonds. The molecule has 3 aromatic rings. The van der Waals surface area contributed by atoms with Gasteiger partial charge in [0.2, 0.25) is 11.8 Å². The molecule has 1 aromatic heterocycles. The number of allylic oxidation sites excluding steroid dienone is 1. The molecule has 4 rings (SSSR count). The molecule has 0 aliphatic carbocycles. The molecule has 6 nitrogen and oxygen atoms in total. The third-order valence-electron chi connectivity index (χ3n) is 4.61. The first kappa shape index (κ1) is 17.6. The molecule has 0 unspecified atom stereocenters. The van der Waals surface area contributed by atoms with E-state index in [-0.39, 0.29) is 17.3 Å². The number of hydrogen-bond donors (Lipinski definition) is 2. The molecular weight excluding hydrogens is 359 g/mol. The molecule has 2 aromatic carbocycles. The predicted molar refractivity (Wildman–Crippen MR) is 101 cm³/mol. The monoisotopic (exact) mass is 376 g/mol. The summed E-state index contributed by atoms with van der Waals surface area (Å²) in [5, 5.41) is 16.8. The van der Waals surface area contributed by atoms with Gasteiger partial charge in [-0.15, -0.1) is 5.10 Å². The number of nitrogens with zero attached hydrogens (tertiary/aromatic N) is 2. The van der Waals surface area contributed by atoms with Gasteiger partial charge < -0.3 is 15.2 Å². The highest BCUT2D eigenvalue weighted by atomic mass is 19.1. The SMILES string of the molecule is CCOc1ccc(-c2[nH]nc3c2[C@H](c2ccccc2F)C(C#N)=C(N)O3)cc1. The molecule has 1 atom stereocenters. The summed E-state index contributed by atoms with van der Waals surface area (Å²) in [5.41, 5.74) is 8.41. The fourth-order valence-corrected chi connectivity index (χ4v) is 3.37. The van der Waals surface area contributed by atoms with E-state index in [1.54, 1.807) is 18.2 Å². The molecular formula is C21H17FN4O2. The molecule has 0 fully saturated rings. The summed E-state index contributed by atoms with van der Waals surface area (Å²) in [6.07, 6.45) is 0. The van der Waals surface area contributed by atoms with E-state index >= 15 is 0 Å². The van der Waals surface area contributed by atoms with Gasteiger partial charge in [0.15, 0.2) is 0 Å². The number of hydrogen-bond acceptors (Lipinski definition) is 5. The highest BCUT2D eigenvalue weighted by molar-refractivity contribution is 5.71. The Morgan fingerprint density at radius 1 is 1.25 bits per heavy atom. The number of ether oxygens (including phenoxy) is 2. The maximum atomic E-state index is 14.6. The Balaban J connectivity index is 1.89. The highest BCUT2D eigenvalue weighted by Gasteiger charge is 2.36. The average molecular weight is 376 g/mol. The van der Waals surface area contributed by atoms with Gasteiger partial charge in [-0.3, -0.25) is 5.10 Å². The fraction of sp³-hybridized carbons (Fsp3) is 0.143. The first-order valence-electron chi connectivity index (χ1n) is 8.77. The standard InChI is InChI=1S/C21H17FN4O2/c1-2-27-13-9-7-12(8-10-13)19-18-17(14-5-3-4-6-16(14)22)15(11-23)20(24)28-21(18)26-25-19/h3-10,17H,2,24H2,1H3,(H,25,26)/t17-/m1/s1. The molecule has 0 saturated carbocycles. The summed E-state index contributed by atoms with van der Waals surface area (Å²) in [6.45, 7) is 2.48. The number of nitrogens with one attached hydrogen (secondary N) is 1. The number of aromatic amines is 1. The van der Waals surface area contributed by atoms with Crippen LogP contribution in [0.2, 0.25) is 0 Å². The summed E-state index contributed by atoms with van der Waals surface area (Å²) in [7, 11) is 0. The van der Waals surface area contributed by atoms with Gasteiger partial charge in [-0.2, -0.15) is 5.26 Å². The Morgan fingerprint density at radius 2 is 2.00 bits per heavy atom. The lowest BCUT2D eigenvalue weighted by molar-refractivity contribution is 0.340. The largest absolute Gasteiger partial charge is 0.494 e. The molecule has 0 spiro atoms. The van der Waals surface area contributed by atoms with Crippen LogP contribution in [0.1, 0.15) is 24.0 Å². The van der Waals surface area contributed by atoms with Crippen LogP contribution in [-0.4, -0.2) is 16.8 Å². The van der Waals surface area contributed by atoms with Crippen molar-refractivity contribution in [1.29, 1.82) is 5.26 Å². The van der Waals surface area contributed by atoms with Crippen molar-refractivity contribution in [2.24, 2.45) is 5.73 Å². The quantitative estimate of drug-likeness (QED) is 0.721. The Morgan fingerprint density at radius 3 is 2.68 bits per heavy atom. The number of halogens is 1. The van der Waals surface area contributed by atoms with Crippen LogP contribution in [0.5, 0.6) is 11.6 Å². The number of nitriles is 1. The van der Waals surface area contributed by atoms with Gasteiger partial charge in [-0.25, -0.2) is 4.39 Å². The van der Waals surface area contributed by atoms with Crippen LogP contribution in [0.25, 0.3) is 11.3 Å². The predicted octanol–water partition coefficient (Wildman–Crippen LogP) is 3.83. The second-order valence-electron chi connectivity index (χ2n) is 6.22. The zero-order valence-corrected chi connectivity index (χ0v) is 15.1. The summed E-state index contributed by atoms with van der Waals surface area (Å²) >= 11 is 0. The van der Waals surface area contributed by atoms with Crippen LogP contribution < -0.4 is 15.2 Å². The first-order chi connectivity index (χ1) is 13.6. The number of H-pyrrole nitrogens is 1. The topological polar surface area (TPSA) is 97.0 Å². The van der Waals surface area contributed by atoms with Crippen molar-refractivity contribution in [2.75, 3.05) is 6.61 Å². The molecule has 28 heavy (non-hydrogen) atoms. The van der Waals surface area contributed by atoms with Gasteiger partial charge in [-0.1, -0.05) is 18.2 Å². The van der Waals surface area contributed by atoms with E-state index < -0.39 is 11.7 Å². The van der Waals surface area contributed by atoms with Crippen molar-refractivity contribution in [3.05, 3.63) is 76.9 Å². The Kier molecular flexibility index (Phi) is 4.45. The molecule has 3 N–H and O–H groups in total. The summed E-state index contributed by atoms with van der Waals surface area (Å²) in [5.74, 6) is -0.264. The minimum Gasteiger partial charge on any atom is -0.494 e. The number of benzene rings is 2. The van der Waals surface area contributed by atoms with Crippen molar-refractivity contribution in [1.82, 2.24) is 10.2 Å². The second kappa shape index (κ2) is 7.08. The molecule has 0 saturated heterocycles. The van der Waals surface area contributed by atoms with Crippen molar-refractivity contribution in [3.63, 3.8) is 0 Å². The molecule has 0 radical (unpaired) electrons. The van der Waals surface area contributed by atoms with Gasteiger partial charge in [0.05, 0.1) is 23.8 Å². The summed E-state index contributed by atoms with van der Waals surface area (Å²) in [6, 6.07) is 15.8. The normalized spacial score (nSPS) is 15.5. The minimum atomic E-state index is -0.727. The van der Waals surface area contributed by atoms with Crippen molar-refractivity contribution >= 4 is 0 Å². The van der Waals surface area contributed by atoms with E-state index in [1.807, 2.05) is 31.2 Å². The number of nitrogens with two attached hydrogens (primary N) is 1. The highest BCUT2D eigenvalue weighted by Crippen LogP contribution is 2.46. The van der Waals surface area contributed by atoms with E-state index in [0.29, 0.717) is 23.4 Å². The number of aromatic nitrogens is 2. The van der Waals surface area contributed by atoms with Gasteiger partial charge in [0, 0.05) is 11.1 Å². The molecule has 0 bridgehead atoms. The third-order valence-corrected chi connectivity index (χ3v) is 4.61. The molecule has 2 heterocycles. The maximum absolute atomic E-state index is 14.6. The Bertz CT molecular complexity index is 1100. The van der Waals surface area contributed by atoms with Crippen molar-refractivity contribution in [2.45, 2.75) is 12.8 Å². The van der Waals surface area contributed by atoms with Crippen molar-refractivity contribution in [3.8, 4) is 29.0 Å². The average Bonchev–Trinajstić information content (AvgIpc) is 3.12. The van der Waals surface area contributed by atoms with Crippen LogP contribution >= 0.6 is 0 Å². The van der Waals surface area contributed by atoms with Crippen molar-refractivity contribution < 1.29 is 13.9 Å². The zero-order chi connectivity index (χ0) is 19.7. The molecule has 1 aliphatic rings. The van der Waals surface area contributed by atoms with Gasteiger partial charge in [0.1, 0.15) is 23.2 Å². The summed E-state index contributed by atoms with van der Waals surface area (Å²) in [4.78, 5) is 0. The zero-order valence-electron chi connectivity index (χ0n) is 15.1. The minimum absolute atomic E-state index is 0.0759. The molecule has 140 valence electrons. The van der Waals surface area contributed by atoms with E-state index in [9.17, 15) is 9.65 Å². The number of fused-ring (bicyclic) bond motifs is 1. The van der Waals surface area contributed by atoms with Crippen LogP contribution in [0.3, 0.4) is 0 Å². The summed E-state index contributed by atoms with van der Waals surface area (Å²) < 4.78 is 25.6. The van der Waals surface area contributed by atoms with Crippen LogP contribution in [0.15, 0.2) is 60.0 Å². The van der Waals surface area contributed by atoms with E-state index in [4.69, 9.17) is 15.2 Å². The Hall–Kier alpha value is -3.79. The third kappa shape index (κ3) is 2.85. The lowest BCUT2D eigenvalue weighted by Crippen LogP contribution is -2.21. The van der Waals surface area contributed by atoms with Crippen LogP contribution in [0, 0.1) is 17.1 Å². The van der Waals surface area contributed by atoms with E-state index in [2.05, 4.69) is 16.3 Å². The number of rotatable bonds is 4. The van der Waals surface area contributed by atoms with E-state index in [1.165, 1.54) is 6.07 Å². The lowest BCUT2D eigenvalue weighted by Gasteiger charge is -2.24. The molecule has 1 aliphatic heterocycles. The van der Waals surface area contributed by atoms with Crippen LogP contribution in [0.4, 0.5) is 4.39 Å². The lowest BCUT2D eigenvalue weighted by atomic mass is 9.83. The first-order valence-corrected chi connectivity index (χ1v) is 8.77. The van der Waals surface area contributed by atoms with Gasteiger partial charge >= 0.3 is 0 Å². The van der Waals surface area contributed by atoms with Gasteiger partial charge in [0.25, 0.3) is 0 Å². The second-order valence-corrected chi connectivity index (χ2v) is 6.22. The molecule has 7 heteroatoms.